The maximum atomic E-state index is 12.5. The van der Waals surface area contributed by atoms with Crippen molar-refractivity contribution in [1.82, 2.24) is 4.72 Å². The second kappa shape index (κ2) is 7.92. The molecule has 5 heteroatoms. The van der Waals surface area contributed by atoms with Gasteiger partial charge in [-0.25, -0.2) is 13.1 Å². The molecular formula is C16H28N2O2S. The molecule has 2 unspecified atom stereocenters. The smallest absolute Gasteiger partial charge is 0.240 e. The Bertz CT molecular complexity index is 539. The third-order valence-electron chi connectivity index (χ3n) is 4.13. The van der Waals surface area contributed by atoms with Gasteiger partial charge in [-0.2, -0.15) is 0 Å². The summed E-state index contributed by atoms with van der Waals surface area (Å²) in [7, 11) is -3.49. The predicted molar refractivity (Wildman–Crippen MR) is 87.5 cm³/mol. The van der Waals surface area contributed by atoms with Crippen LogP contribution in [0.5, 0.6) is 0 Å². The quantitative estimate of drug-likeness (QED) is 0.774. The minimum absolute atomic E-state index is 0.0755. The lowest BCUT2D eigenvalue weighted by Gasteiger charge is -2.22. The lowest BCUT2D eigenvalue weighted by atomic mass is 9.96. The number of benzene rings is 1. The molecule has 0 radical (unpaired) electrons. The second-order valence-electron chi connectivity index (χ2n) is 5.57. The molecule has 0 heterocycles. The largest absolute Gasteiger partial charge is 0.324 e. The first-order valence-electron chi connectivity index (χ1n) is 7.73. The Balaban J connectivity index is 2.98. The number of sulfonamides is 1. The molecule has 0 aliphatic rings. The molecule has 21 heavy (non-hydrogen) atoms. The Morgan fingerprint density at radius 3 is 2.29 bits per heavy atom. The van der Waals surface area contributed by atoms with Gasteiger partial charge in [-0.05, 0) is 37.0 Å². The molecule has 4 nitrogen and oxygen atoms in total. The van der Waals surface area contributed by atoms with Crippen LogP contribution in [-0.2, 0) is 10.0 Å². The highest BCUT2D eigenvalue weighted by Gasteiger charge is 2.22. The van der Waals surface area contributed by atoms with E-state index in [1.54, 1.807) is 18.2 Å². The topological polar surface area (TPSA) is 72.2 Å². The van der Waals surface area contributed by atoms with Crippen molar-refractivity contribution < 1.29 is 8.42 Å². The lowest BCUT2D eigenvalue weighted by molar-refractivity contribution is 0.390. The standard InChI is InChI=1S/C16H28N2O2S/c1-5-13(6-2)12(4)18-21(19,20)15-10-8-9-14(11-15)16(17)7-3/h8-13,16,18H,5-7,17H2,1-4H3. The number of hydrogen-bond acceptors (Lipinski definition) is 3. The van der Waals surface area contributed by atoms with Crippen molar-refractivity contribution in [3.8, 4) is 0 Å². The number of nitrogens with one attached hydrogen (secondary N) is 1. The molecule has 0 aliphatic heterocycles. The highest BCUT2D eigenvalue weighted by molar-refractivity contribution is 7.89. The molecule has 2 atom stereocenters. The minimum Gasteiger partial charge on any atom is -0.324 e. The third-order valence-corrected chi connectivity index (χ3v) is 5.69. The van der Waals surface area contributed by atoms with Crippen LogP contribution >= 0.6 is 0 Å². The van der Waals surface area contributed by atoms with E-state index in [1.165, 1.54) is 0 Å². The Kier molecular flexibility index (Phi) is 6.84. The van der Waals surface area contributed by atoms with Crippen LogP contribution in [0.4, 0.5) is 0 Å². The number of rotatable bonds is 8. The van der Waals surface area contributed by atoms with Crippen LogP contribution < -0.4 is 10.5 Å². The zero-order valence-corrected chi connectivity index (χ0v) is 14.3. The second-order valence-corrected chi connectivity index (χ2v) is 7.29. The summed E-state index contributed by atoms with van der Waals surface area (Å²) < 4.78 is 27.8. The van der Waals surface area contributed by atoms with E-state index in [4.69, 9.17) is 5.73 Å². The normalized spacial score (nSPS) is 15.1. The first-order chi connectivity index (χ1) is 9.85. The Morgan fingerprint density at radius 1 is 1.14 bits per heavy atom. The summed E-state index contributed by atoms with van der Waals surface area (Å²) in [4.78, 5) is 0.293. The average Bonchev–Trinajstić information content (AvgIpc) is 2.47. The van der Waals surface area contributed by atoms with E-state index < -0.39 is 10.0 Å². The molecule has 1 aromatic rings. The molecule has 0 saturated heterocycles. The summed E-state index contributed by atoms with van der Waals surface area (Å²) >= 11 is 0. The minimum atomic E-state index is -3.49. The van der Waals surface area contributed by atoms with E-state index in [0.29, 0.717) is 10.8 Å². The van der Waals surface area contributed by atoms with Gasteiger partial charge in [0.1, 0.15) is 0 Å². The summed E-state index contributed by atoms with van der Waals surface area (Å²) in [5.74, 6) is 0.348. The van der Waals surface area contributed by atoms with Gasteiger partial charge in [-0.1, -0.05) is 45.7 Å². The Morgan fingerprint density at radius 2 is 1.76 bits per heavy atom. The fourth-order valence-corrected chi connectivity index (χ4v) is 3.92. The first-order valence-corrected chi connectivity index (χ1v) is 9.21. The summed E-state index contributed by atoms with van der Waals surface area (Å²) in [6.45, 7) is 8.08. The Hall–Kier alpha value is -0.910. The average molecular weight is 312 g/mol. The van der Waals surface area contributed by atoms with Crippen molar-refractivity contribution >= 4 is 10.0 Å². The summed E-state index contributed by atoms with van der Waals surface area (Å²) in [5.41, 5.74) is 6.84. The highest BCUT2D eigenvalue weighted by Crippen LogP contribution is 2.20. The molecule has 0 bridgehead atoms. The molecule has 0 fully saturated rings. The Labute approximate surface area is 129 Å². The van der Waals surface area contributed by atoms with Crippen molar-refractivity contribution in [3.63, 3.8) is 0 Å². The van der Waals surface area contributed by atoms with Gasteiger partial charge in [0.25, 0.3) is 0 Å². The molecule has 0 aliphatic carbocycles. The van der Waals surface area contributed by atoms with Crippen LogP contribution in [-0.4, -0.2) is 14.5 Å². The van der Waals surface area contributed by atoms with Crippen LogP contribution in [0.2, 0.25) is 0 Å². The summed E-state index contributed by atoms with van der Waals surface area (Å²) in [6.07, 6.45) is 2.70. The molecular weight excluding hydrogens is 284 g/mol. The monoisotopic (exact) mass is 312 g/mol. The molecule has 120 valence electrons. The van der Waals surface area contributed by atoms with Gasteiger partial charge >= 0.3 is 0 Å². The van der Waals surface area contributed by atoms with E-state index in [0.717, 1.165) is 24.8 Å². The molecule has 3 N–H and O–H groups in total. The van der Waals surface area contributed by atoms with Crippen LogP contribution in [0.15, 0.2) is 29.2 Å². The van der Waals surface area contributed by atoms with Gasteiger partial charge in [-0.3, -0.25) is 0 Å². The molecule has 0 saturated carbocycles. The van der Waals surface area contributed by atoms with Crippen molar-refractivity contribution in [2.75, 3.05) is 0 Å². The number of hydrogen-bond donors (Lipinski definition) is 2. The number of nitrogens with two attached hydrogens (primary N) is 1. The molecule has 0 spiro atoms. The van der Waals surface area contributed by atoms with Crippen LogP contribution in [0.25, 0.3) is 0 Å². The molecule has 1 aromatic carbocycles. The third kappa shape index (κ3) is 4.80. The van der Waals surface area contributed by atoms with Gasteiger partial charge in [0.05, 0.1) is 4.90 Å². The van der Waals surface area contributed by atoms with Gasteiger partial charge in [0, 0.05) is 12.1 Å². The van der Waals surface area contributed by atoms with Crippen molar-refractivity contribution in [3.05, 3.63) is 29.8 Å². The first kappa shape index (κ1) is 18.1. The maximum absolute atomic E-state index is 12.5. The van der Waals surface area contributed by atoms with Crippen LogP contribution in [0.3, 0.4) is 0 Å². The molecule has 0 amide bonds. The van der Waals surface area contributed by atoms with Gasteiger partial charge in [0.2, 0.25) is 10.0 Å². The van der Waals surface area contributed by atoms with Gasteiger partial charge in [-0.15, -0.1) is 0 Å². The molecule has 1 rings (SSSR count). The van der Waals surface area contributed by atoms with Gasteiger partial charge < -0.3 is 5.73 Å². The maximum Gasteiger partial charge on any atom is 0.240 e. The predicted octanol–water partition coefficient (Wildman–Crippen LogP) is 3.20. The fourth-order valence-electron chi connectivity index (χ4n) is 2.55. The lowest BCUT2D eigenvalue weighted by Crippen LogP contribution is -2.37. The van der Waals surface area contributed by atoms with E-state index in [9.17, 15) is 8.42 Å². The van der Waals surface area contributed by atoms with E-state index >= 15 is 0 Å². The zero-order chi connectivity index (χ0) is 16.0. The van der Waals surface area contributed by atoms with Crippen LogP contribution in [0.1, 0.15) is 58.6 Å². The van der Waals surface area contributed by atoms with Crippen molar-refractivity contribution in [2.24, 2.45) is 11.7 Å². The van der Waals surface area contributed by atoms with Gasteiger partial charge in [0.15, 0.2) is 0 Å². The van der Waals surface area contributed by atoms with E-state index in [1.807, 2.05) is 19.9 Å². The zero-order valence-electron chi connectivity index (χ0n) is 13.5. The summed E-state index contributed by atoms with van der Waals surface area (Å²) in [5, 5.41) is 0. The summed E-state index contributed by atoms with van der Waals surface area (Å²) in [6, 6.07) is 6.72. The fraction of sp³-hybridized carbons (Fsp3) is 0.625. The van der Waals surface area contributed by atoms with E-state index in [2.05, 4.69) is 18.6 Å². The van der Waals surface area contributed by atoms with E-state index in [-0.39, 0.29) is 12.1 Å². The molecule has 0 aromatic heterocycles. The van der Waals surface area contributed by atoms with Crippen molar-refractivity contribution in [2.45, 2.75) is 63.9 Å². The highest BCUT2D eigenvalue weighted by atomic mass is 32.2. The van der Waals surface area contributed by atoms with Crippen LogP contribution in [0, 0.1) is 5.92 Å². The van der Waals surface area contributed by atoms with Crippen molar-refractivity contribution in [1.29, 1.82) is 0 Å². The SMILES string of the molecule is CCC(N)c1cccc(S(=O)(=O)NC(C)C(CC)CC)c1.